The van der Waals surface area contributed by atoms with Gasteiger partial charge in [-0.2, -0.15) is 0 Å². The second kappa shape index (κ2) is 5.92. The molecule has 0 radical (unpaired) electrons. The number of benzene rings is 3. The smallest absolute Gasteiger partial charge is 0.110 e. The topological polar surface area (TPSA) is 43.6 Å². The predicted molar refractivity (Wildman–Crippen MR) is 105 cm³/mol. The summed E-state index contributed by atoms with van der Waals surface area (Å²) in [6.07, 6.45) is 3.54. The van der Waals surface area contributed by atoms with Crippen molar-refractivity contribution < 1.29 is 0 Å². The Morgan fingerprint density at radius 3 is 2.50 bits per heavy atom. The summed E-state index contributed by atoms with van der Waals surface area (Å²) in [5.41, 5.74) is 5.13. The zero-order chi connectivity index (χ0) is 17.5. The maximum Gasteiger partial charge on any atom is 0.110 e. The maximum atomic E-state index is 4.85. The molecule has 5 aromatic rings. The number of hydrogen-bond acceptors (Lipinski definition) is 3. The molecule has 2 aromatic heterocycles. The van der Waals surface area contributed by atoms with E-state index in [2.05, 4.69) is 53.0 Å². The fraction of sp³-hybridized carbons (Fsp3) is 0.136. The van der Waals surface area contributed by atoms with Crippen LogP contribution in [0.1, 0.15) is 11.5 Å². The first kappa shape index (κ1) is 15.0. The molecule has 0 aliphatic carbocycles. The van der Waals surface area contributed by atoms with Crippen molar-refractivity contribution in [1.82, 2.24) is 19.5 Å². The van der Waals surface area contributed by atoms with Crippen molar-refractivity contribution in [2.24, 2.45) is 7.05 Å². The van der Waals surface area contributed by atoms with E-state index in [1.54, 1.807) is 0 Å². The van der Waals surface area contributed by atoms with Gasteiger partial charge in [-0.05, 0) is 30.0 Å². The van der Waals surface area contributed by atoms with Gasteiger partial charge >= 0.3 is 0 Å². The van der Waals surface area contributed by atoms with E-state index in [4.69, 9.17) is 9.97 Å². The van der Waals surface area contributed by atoms with Crippen molar-refractivity contribution in [2.75, 3.05) is 0 Å². The number of aromatic nitrogens is 4. The van der Waals surface area contributed by atoms with Crippen LogP contribution in [-0.2, 0) is 19.9 Å². The summed E-state index contributed by atoms with van der Waals surface area (Å²) in [6.45, 7) is 0. The molecule has 4 nitrogen and oxygen atoms in total. The van der Waals surface area contributed by atoms with Gasteiger partial charge in [-0.1, -0.05) is 42.5 Å². The molecule has 0 fully saturated rings. The third-order valence-electron chi connectivity index (χ3n) is 4.95. The molecule has 126 valence electrons. The fourth-order valence-corrected chi connectivity index (χ4v) is 3.61. The van der Waals surface area contributed by atoms with Gasteiger partial charge in [0.15, 0.2) is 0 Å². The maximum absolute atomic E-state index is 4.85. The summed E-state index contributed by atoms with van der Waals surface area (Å²) in [7, 11) is 2.10. The molecule has 0 saturated carbocycles. The van der Waals surface area contributed by atoms with Crippen molar-refractivity contribution in [2.45, 2.75) is 12.8 Å². The molecule has 0 N–H and O–H groups in total. The number of imidazole rings is 1. The third kappa shape index (κ3) is 2.42. The van der Waals surface area contributed by atoms with Gasteiger partial charge in [-0.3, -0.25) is 4.98 Å². The quantitative estimate of drug-likeness (QED) is 0.488. The second-order valence-corrected chi connectivity index (χ2v) is 6.59. The van der Waals surface area contributed by atoms with E-state index < -0.39 is 0 Å². The molecule has 0 amide bonds. The minimum atomic E-state index is 0.826. The zero-order valence-corrected chi connectivity index (χ0v) is 14.6. The van der Waals surface area contributed by atoms with Gasteiger partial charge in [0.2, 0.25) is 0 Å². The minimum absolute atomic E-state index is 0.826. The minimum Gasteiger partial charge on any atom is -0.331 e. The highest BCUT2D eigenvalue weighted by molar-refractivity contribution is 6.04. The van der Waals surface area contributed by atoms with Gasteiger partial charge in [-0.25, -0.2) is 9.97 Å². The van der Waals surface area contributed by atoms with E-state index in [1.165, 1.54) is 16.3 Å². The largest absolute Gasteiger partial charge is 0.331 e. The van der Waals surface area contributed by atoms with Crippen LogP contribution in [0.15, 0.2) is 66.9 Å². The Bertz CT molecular complexity index is 1250. The molecule has 2 heterocycles. The molecular weight excluding hydrogens is 320 g/mol. The number of aryl methyl sites for hydroxylation is 3. The average Bonchev–Trinajstić information content (AvgIpc) is 3.02. The number of nitrogens with zero attached hydrogens (tertiary/aromatic N) is 4. The van der Waals surface area contributed by atoms with Crippen LogP contribution in [0, 0.1) is 0 Å². The highest BCUT2D eigenvalue weighted by atomic mass is 15.1. The highest BCUT2D eigenvalue weighted by Crippen LogP contribution is 2.26. The second-order valence-electron chi connectivity index (χ2n) is 6.59. The van der Waals surface area contributed by atoms with Crippen LogP contribution in [0.2, 0.25) is 0 Å². The van der Waals surface area contributed by atoms with Crippen LogP contribution < -0.4 is 0 Å². The van der Waals surface area contributed by atoms with Crippen LogP contribution in [0.3, 0.4) is 0 Å². The Labute approximate surface area is 151 Å². The monoisotopic (exact) mass is 338 g/mol. The molecule has 0 saturated heterocycles. The SMILES string of the molecule is Cn1c(CCc2cnc3ccccc3n2)nc2ccc3ccccc3c21. The van der Waals surface area contributed by atoms with Gasteiger partial charge in [0, 0.05) is 25.1 Å². The first-order chi connectivity index (χ1) is 12.8. The molecule has 0 aliphatic rings. The summed E-state index contributed by atoms with van der Waals surface area (Å²) in [6, 6.07) is 20.7. The fourth-order valence-electron chi connectivity index (χ4n) is 3.61. The summed E-state index contributed by atoms with van der Waals surface area (Å²) in [5.74, 6) is 1.08. The first-order valence-corrected chi connectivity index (χ1v) is 8.83. The van der Waals surface area contributed by atoms with Gasteiger partial charge < -0.3 is 4.57 Å². The van der Waals surface area contributed by atoms with Crippen molar-refractivity contribution >= 4 is 32.8 Å². The lowest BCUT2D eigenvalue weighted by molar-refractivity contribution is 0.776. The van der Waals surface area contributed by atoms with Crippen LogP contribution >= 0.6 is 0 Å². The lowest BCUT2D eigenvalue weighted by atomic mass is 10.1. The van der Waals surface area contributed by atoms with Crippen molar-refractivity contribution in [1.29, 1.82) is 0 Å². The Hall–Kier alpha value is -3.27. The van der Waals surface area contributed by atoms with Crippen molar-refractivity contribution in [3.05, 3.63) is 78.4 Å². The molecule has 5 rings (SSSR count). The molecule has 0 bridgehead atoms. The van der Waals surface area contributed by atoms with E-state index >= 15 is 0 Å². The van der Waals surface area contributed by atoms with Crippen molar-refractivity contribution in [3.63, 3.8) is 0 Å². The lowest BCUT2D eigenvalue weighted by Gasteiger charge is -2.05. The standard InChI is InChI=1S/C22H18N4/c1-26-21(13-11-16-14-23-18-8-4-5-9-19(18)24-16)25-20-12-10-15-6-2-3-7-17(15)22(20)26/h2-10,12,14H,11,13H2,1H3. The average molecular weight is 338 g/mol. The van der Waals surface area contributed by atoms with Crippen LogP contribution in [0.4, 0.5) is 0 Å². The van der Waals surface area contributed by atoms with E-state index in [9.17, 15) is 0 Å². The normalized spacial score (nSPS) is 11.6. The van der Waals surface area contributed by atoms with Crippen molar-refractivity contribution in [3.8, 4) is 0 Å². The van der Waals surface area contributed by atoms with E-state index in [1.807, 2.05) is 30.5 Å². The lowest BCUT2D eigenvalue weighted by Crippen LogP contribution is -2.02. The van der Waals surface area contributed by atoms with Crippen LogP contribution in [-0.4, -0.2) is 19.5 Å². The highest BCUT2D eigenvalue weighted by Gasteiger charge is 2.11. The van der Waals surface area contributed by atoms with Gasteiger partial charge in [0.1, 0.15) is 5.82 Å². The van der Waals surface area contributed by atoms with E-state index in [0.717, 1.165) is 40.9 Å². The van der Waals surface area contributed by atoms with Gasteiger partial charge in [-0.15, -0.1) is 0 Å². The van der Waals surface area contributed by atoms with E-state index in [-0.39, 0.29) is 0 Å². The first-order valence-electron chi connectivity index (χ1n) is 8.83. The van der Waals surface area contributed by atoms with E-state index in [0.29, 0.717) is 0 Å². The summed E-state index contributed by atoms with van der Waals surface area (Å²) in [4.78, 5) is 14.1. The van der Waals surface area contributed by atoms with Crippen LogP contribution in [0.5, 0.6) is 0 Å². The summed E-state index contributed by atoms with van der Waals surface area (Å²) in [5, 5.41) is 2.49. The predicted octanol–water partition coefficient (Wildman–Crippen LogP) is 4.45. The molecule has 0 atom stereocenters. The number of rotatable bonds is 3. The number of para-hydroxylation sites is 2. The molecule has 0 unspecified atom stereocenters. The summed E-state index contributed by atoms with van der Waals surface area (Å²) >= 11 is 0. The molecule has 4 heteroatoms. The molecule has 3 aromatic carbocycles. The number of fused-ring (bicyclic) bond motifs is 4. The Kier molecular flexibility index (Phi) is 3.42. The Morgan fingerprint density at radius 1 is 0.769 bits per heavy atom. The molecule has 0 aliphatic heterocycles. The summed E-state index contributed by atoms with van der Waals surface area (Å²) < 4.78 is 2.21. The molecular formula is C22H18N4. The Balaban J connectivity index is 1.50. The molecule has 26 heavy (non-hydrogen) atoms. The van der Waals surface area contributed by atoms with Crippen LogP contribution in [0.25, 0.3) is 32.8 Å². The number of hydrogen-bond donors (Lipinski definition) is 0. The Morgan fingerprint density at radius 2 is 1.58 bits per heavy atom. The molecule has 0 spiro atoms. The van der Waals surface area contributed by atoms with Gasteiger partial charge in [0.25, 0.3) is 0 Å². The third-order valence-corrected chi connectivity index (χ3v) is 4.95. The zero-order valence-electron chi connectivity index (χ0n) is 14.6. The van der Waals surface area contributed by atoms with Gasteiger partial charge in [0.05, 0.1) is 27.8 Å².